The zero-order valence-electron chi connectivity index (χ0n) is 10.0. The number of nitrogens with zero attached hydrogens (tertiary/aromatic N) is 1. The van der Waals surface area contributed by atoms with Crippen LogP contribution in [0, 0.1) is 6.92 Å². The fraction of sp³-hybridized carbons (Fsp3) is 0.214. The van der Waals surface area contributed by atoms with Crippen LogP contribution in [0.2, 0.25) is 0 Å². The van der Waals surface area contributed by atoms with Gasteiger partial charge >= 0.3 is 0 Å². The molecule has 1 aromatic carbocycles. The highest BCUT2D eigenvalue weighted by molar-refractivity contribution is 5.45. The summed E-state index contributed by atoms with van der Waals surface area (Å²) in [6, 6.07) is 8.99. The molecule has 4 nitrogen and oxygen atoms in total. The smallest absolute Gasteiger partial charge is 0.143 e. The molecule has 0 fully saturated rings. The van der Waals surface area contributed by atoms with Crippen molar-refractivity contribution in [1.82, 2.24) is 4.98 Å². The third-order valence-corrected chi connectivity index (χ3v) is 2.92. The van der Waals surface area contributed by atoms with E-state index in [1.165, 1.54) is 6.20 Å². The van der Waals surface area contributed by atoms with E-state index in [0.717, 1.165) is 0 Å². The first-order valence-electron chi connectivity index (χ1n) is 5.66. The molecular formula is C14H15NO3. The monoisotopic (exact) mass is 245 g/mol. The average Bonchev–Trinajstić information content (AvgIpc) is 2.42. The number of aromatic hydroxyl groups is 1. The predicted molar refractivity (Wildman–Crippen MR) is 67.1 cm³/mol. The quantitative estimate of drug-likeness (QED) is 0.769. The Morgan fingerprint density at radius 3 is 2.50 bits per heavy atom. The summed E-state index contributed by atoms with van der Waals surface area (Å²) >= 11 is 0. The molecule has 2 rings (SSSR count). The lowest BCUT2D eigenvalue weighted by Gasteiger charge is -2.17. The maximum absolute atomic E-state index is 10.3. The van der Waals surface area contributed by atoms with Gasteiger partial charge in [-0.05, 0) is 12.5 Å². The van der Waals surface area contributed by atoms with E-state index in [9.17, 15) is 15.3 Å². The Morgan fingerprint density at radius 1 is 1.22 bits per heavy atom. The van der Waals surface area contributed by atoms with Gasteiger partial charge in [0, 0.05) is 17.3 Å². The molecule has 0 amide bonds. The number of benzene rings is 1. The van der Waals surface area contributed by atoms with Crippen LogP contribution in [-0.2, 0) is 6.61 Å². The van der Waals surface area contributed by atoms with Gasteiger partial charge in [-0.3, -0.25) is 4.98 Å². The highest BCUT2D eigenvalue weighted by Gasteiger charge is 2.20. The molecule has 0 saturated heterocycles. The van der Waals surface area contributed by atoms with E-state index >= 15 is 0 Å². The van der Waals surface area contributed by atoms with Crippen LogP contribution >= 0.6 is 0 Å². The second kappa shape index (κ2) is 5.16. The van der Waals surface area contributed by atoms with Crippen LogP contribution in [-0.4, -0.2) is 20.3 Å². The SMILES string of the molecule is Cc1ncc(CO)c(C(O)c2ccccc2)c1O. The maximum Gasteiger partial charge on any atom is 0.143 e. The van der Waals surface area contributed by atoms with Gasteiger partial charge < -0.3 is 15.3 Å². The molecule has 0 aliphatic carbocycles. The minimum Gasteiger partial charge on any atom is -0.506 e. The number of hydrogen-bond acceptors (Lipinski definition) is 4. The average molecular weight is 245 g/mol. The Morgan fingerprint density at radius 2 is 1.89 bits per heavy atom. The molecule has 18 heavy (non-hydrogen) atoms. The van der Waals surface area contributed by atoms with E-state index in [1.54, 1.807) is 19.1 Å². The highest BCUT2D eigenvalue weighted by Crippen LogP contribution is 2.33. The molecule has 1 heterocycles. The number of pyridine rings is 1. The van der Waals surface area contributed by atoms with Crippen molar-refractivity contribution in [2.24, 2.45) is 0 Å². The van der Waals surface area contributed by atoms with E-state index < -0.39 is 6.10 Å². The van der Waals surface area contributed by atoms with Crippen LogP contribution in [0.3, 0.4) is 0 Å². The fourth-order valence-electron chi connectivity index (χ4n) is 1.89. The molecular weight excluding hydrogens is 230 g/mol. The summed E-state index contributed by atoms with van der Waals surface area (Å²) in [5, 5.41) is 29.6. The molecule has 0 bridgehead atoms. The van der Waals surface area contributed by atoms with E-state index in [0.29, 0.717) is 22.4 Å². The van der Waals surface area contributed by atoms with Crippen molar-refractivity contribution < 1.29 is 15.3 Å². The van der Waals surface area contributed by atoms with Crippen LogP contribution in [0.15, 0.2) is 36.5 Å². The molecule has 0 aliphatic heterocycles. The molecule has 2 aromatic rings. The van der Waals surface area contributed by atoms with Crippen molar-refractivity contribution in [2.75, 3.05) is 0 Å². The molecule has 1 unspecified atom stereocenters. The minimum atomic E-state index is -0.977. The Labute approximate surface area is 105 Å². The van der Waals surface area contributed by atoms with Crippen LogP contribution in [0.5, 0.6) is 5.75 Å². The van der Waals surface area contributed by atoms with Gasteiger partial charge in [-0.1, -0.05) is 30.3 Å². The summed E-state index contributed by atoms with van der Waals surface area (Å²) < 4.78 is 0. The topological polar surface area (TPSA) is 73.6 Å². The van der Waals surface area contributed by atoms with Crippen molar-refractivity contribution in [3.63, 3.8) is 0 Å². The number of aryl methyl sites for hydroxylation is 1. The number of aliphatic hydroxyl groups excluding tert-OH is 2. The first kappa shape index (κ1) is 12.5. The van der Waals surface area contributed by atoms with Crippen molar-refractivity contribution in [3.05, 3.63) is 58.9 Å². The zero-order valence-corrected chi connectivity index (χ0v) is 10.0. The molecule has 4 heteroatoms. The Bertz CT molecular complexity index is 540. The van der Waals surface area contributed by atoms with Crippen LogP contribution in [0.1, 0.15) is 28.5 Å². The zero-order chi connectivity index (χ0) is 13.1. The number of aromatic nitrogens is 1. The molecule has 0 radical (unpaired) electrons. The van der Waals surface area contributed by atoms with Crippen LogP contribution in [0.25, 0.3) is 0 Å². The van der Waals surface area contributed by atoms with E-state index in [4.69, 9.17) is 0 Å². The molecule has 0 saturated carbocycles. The summed E-state index contributed by atoms with van der Waals surface area (Å²) in [7, 11) is 0. The van der Waals surface area contributed by atoms with E-state index in [-0.39, 0.29) is 12.4 Å². The van der Waals surface area contributed by atoms with Crippen molar-refractivity contribution >= 4 is 0 Å². The molecule has 0 aliphatic rings. The van der Waals surface area contributed by atoms with Gasteiger partial charge in [-0.15, -0.1) is 0 Å². The lowest BCUT2D eigenvalue weighted by atomic mass is 9.97. The lowest BCUT2D eigenvalue weighted by molar-refractivity contribution is 0.207. The largest absolute Gasteiger partial charge is 0.506 e. The standard InChI is InChI=1S/C14H15NO3/c1-9-13(17)12(11(8-16)7-15-9)14(18)10-5-3-2-4-6-10/h2-7,14,16-18H,8H2,1H3. The van der Waals surface area contributed by atoms with Gasteiger partial charge in [0.05, 0.1) is 12.3 Å². The van der Waals surface area contributed by atoms with Crippen molar-refractivity contribution in [1.29, 1.82) is 0 Å². The number of hydrogen-bond donors (Lipinski definition) is 3. The third-order valence-electron chi connectivity index (χ3n) is 2.92. The summed E-state index contributed by atoms with van der Waals surface area (Å²) in [6.45, 7) is 1.37. The van der Waals surface area contributed by atoms with Crippen molar-refractivity contribution in [3.8, 4) is 5.75 Å². The van der Waals surface area contributed by atoms with Crippen LogP contribution in [0.4, 0.5) is 0 Å². The third kappa shape index (κ3) is 2.20. The van der Waals surface area contributed by atoms with Gasteiger partial charge in [-0.2, -0.15) is 0 Å². The minimum absolute atomic E-state index is 0.0714. The summed E-state index contributed by atoms with van der Waals surface area (Å²) in [4.78, 5) is 3.97. The second-order valence-electron chi connectivity index (χ2n) is 4.10. The Balaban J connectivity index is 2.53. The molecule has 1 atom stereocenters. The van der Waals surface area contributed by atoms with Gasteiger partial charge in [-0.25, -0.2) is 0 Å². The summed E-state index contributed by atoms with van der Waals surface area (Å²) in [6.07, 6.45) is 0.492. The van der Waals surface area contributed by atoms with Gasteiger partial charge in [0.2, 0.25) is 0 Å². The summed E-state index contributed by atoms with van der Waals surface area (Å²) in [5.41, 5.74) is 1.83. The second-order valence-corrected chi connectivity index (χ2v) is 4.10. The lowest BCUT2D eigenvalue weighted by Crippen LogP contribution is -2.06. The van der Waals surface area contributed by atoms with Crippen LogP contribution < -0.4 is 0 Å². The fourth-order valence-corrected chi connectivity index (χ4v) is 1.89. The molecule has 1 aromatic heterocycles. The number of rotatable bonds is 3. The number of aliphatic hydroxyl groups is 2. The molecule has 0 spiro atoms. The Hall–Kier alpha value is -1.91. The maximum atomic E-state index is 10.3. The molecule has 94 valence electrons. The van der Waals surface area contributed by atoms with Crippen molar-refractivity contribution in [2.45, 2.75) is 19.6 Å². The van der Waals surface area contributed by atoms with Gasteiger partial charge in [0.25, 0.3) is 0 Å². The van der Waals surface area contributed by atoms with E-state index in [1.807, 2.05) is 18.2 Å². The van der Waals surface area contributed by atoms with E-state index in [2.05, 4.69) is 4.98 Å². The molecule has 3 N–H and O–H groups in total. The van der Waals surface area contributed by atoms with Gasteiger partial charge in [0.1, 0.15) is 11.9 Å². The Kier molecular flexibility index (Phi) is 3.60. The summed E-state index contributed by atoms with van der Waals surface area (Å²) in [5.74, 6) is -0.0714. The first-order valence-corrected chi connectivity index (χ1v) is 5.66. The van der Waals surface area contributed by atoms with Gasteiger partial charge in [0.15, 0.2) is 0 Å². The normalized spacial score (nSPS) is 12.4. The highest BCUT2D eigenvalue weighted by atomic mass is 16.3. The predicted octanol–water partition coefficient (Wildman–Crippen LogP) is 1.67. The first-order chi connectivity index (χ1) is 8.65.